The molecule has 0 aromatic heterocycles. The number of benzene rings is 1. The standard InChI is InChI=1S/C13H20BrNO2/c1-5-11(15-6-2)9-7-13(17-4)10(14)8-12(9)16-3/h7-8,11,15H,5-6H2,1-4H3. The van der Waals surface area contributed by atoms with E-state index in [-0.39, 0.29) is 6.04 Å². The van der Waals surface area contributed by atoms with Crippen LogP contribution in [-0.4, -0.2) is 20.8 Å². The van der Waals surface area contributed by atoms with Crippen LogP contribution in [-0.2, 0) is 0 Å². The summed E-state index contributed by atoms with van der Waals surface area (Å²) in [4.78, 5) is 0. The molecule has 0 fully saturated rings. The molecule has 1 N–H and O–H groups in total. The van der Waals surface area contributed by atoms with Crippen molar-refractivity contribution < 1.29 is 9.47 Å². The molecule has 4 heteroatoms. The number of hydrogen-bond acceptors (Lipinski definition) is 3. The highest BCUT2D eigenvalue weighted by Crippen LogP contribution is 2.36. The minimum Gasteiger partial charge on any atom is -0.496 e. The number of ether oxygens (including phenoxy) is 2. The Morgan fingerprint density at radius 3 is 2.29 bits per heavy atom. The van der Waals surface area contributed by atoms with Gasteiger partial charge in [-0.15, -0.1) is 0 Å². The molecule has 0 radical (unpaired) electrons. The molecule has 1 rings (SSSR count). The number of methoxy groups -OCH3 is 2. The Hall–Kier alpha value is -0.740. The smallest absolute Gasteiger partial charge is 0.133 e. The second-order valence-electron chi connectivity index (χ2n) is 3.75. The van der Waals surface area contributed by atoms with E-state index in [1.165, 1.54) is 0 Å². The van der Waals surface area contributed by atoms with Crippen molar-refractivity contribution in [3.05, 3.63) is 22.2 Å². The zero-order chi connectivity index (χ0) is 12.8. The Morgan fingerprint density at radius 1 is 1.18 bits per heavy atom. The van der Waals surface area contributed by atoms with E-state index >= 15 is 0 Å². The van der Waals surface area contributed by atoms with Crippen LogP contribution in [0, 0.1) is 0 Å². The van der Waals surface area contributed by atoms with E-state index in [2.05, 4.69) is 35.1 Å². The number of halogens is 1. The lowest BCUT2D eigenvalue weighted by atomic mass is 10.0. The predicted molar refractivity (Wildman–Crippen MR) is 74.0 cm³/mol. The van der Waals surface area contributed by atoms with E-state index in [4.69, 9.17) is 9.47 Å². The van der Waals surface area contributed by atoms with Gasteiger partial charge in [-0.25, -0.2) is 0 Å². The fraction of sp³-hybridized carbons (Fsp3) is 0.538. The van der Waals surface area contributed by atoms with Crippen molar-refractivity contribution in [2.75, 3.05) is 20.8 Å². The molecule has 1 aromatic carbocycles. The third kappa shape index (κ3) is 3.36. The first-order valence-corrected chi connectivity index (χ1v) is 6.61. The van der Waals surface area contributed by atoms with Crippen LogP contribution in [0.5, 0.6) is 11.5 Å². The lowest BCUT2D eigenvalue weighted by Crippen LogP contribution is -2.20. The normalized spacial score (nSPS) is 12.3. The molecule has 1 aromatic rings. The molecule has 0 saturated carbocycles. The summed E-state index contributed by atoms with van der Waals surface area (Å²) in [6, 6.07) is 4.27. The SMILES string of the molecule is CCNC(CC)c1cc(OC)c(Br)cc1OC. The topological polar surface area (TPSA) is 30.5 Å². The van der Waals surface area contributed by atoms with E-state index < -0.39 is 0 Å². The van der Waals surface area contributed by atoms with Gasteiger partial charge in [-0.3, -0.25) is 0 Å². The van der Waals surface area contributed by atoms with Gasteiger partial charge in [0.2, 0.25) is 0 Å². The van der Waals surface area contributed by atoms with Crippen molar-refractivity contribution in [2.24, 2.45) is 0 Å². The predicted octanol–water partition coefficient (Wildman–Crippen LogP) is 3.53. The van der Waals surface area contributed by atoms with Crippen LogP contribution in [0.15, 0.2) is 16.6 Å². The lowest BCUT2D eigenvalue weighted by molar-refractivity contribution is 0.387. The largest absolute Gasteiger partial charge is 0.496 e. The summed E-state index contributed by atoms with van der Waals surface area (Å²) < 4.78 is 11.7. The van der Waals surface area contributed by atoms with Gasteiger partial charge in [0.25, 0.3) is 0 Å². The van der Waals surface area contributed by atoms with Gasteiger partial charge in [0.05, 0.1) is 18.7 Å². The molecule has 0 aliphatic rings. The van der Waals surface area contributed by atoms with Gasteiger partial charge < -0.3 is 14.8 Å². The van der Waals surface area contributed by atoms with Gasteiger partial charge in [-0.1, -0.05) is 13.8 Å². The van der Waals surface area contributed by atoms with Gasteiger partial charge >= 0.3 is 0 Å². The van der Waals surface area contributed by atoms with Crippen LogP contribution in [0.4, 0.5) is 0 Å². The van der Waals surface area contributed by atoms with Crippen molar-refractivity contribution in [2.45, 2.75) is 26.3 Å². The average molecular weight is 302 g/mol. The Kier molecular flexibility index (Phi) is 5.78. The summed E-state index contributed by atoms with van der Waals surface area (Å²) in [5.41, 5.74) is 1.14. The zero-order valence-corrected chi connectivity index (χ0v) is 12.4. The molecule has 96 valence electrons. The number of nitrogens with one attached hydrogen (secondary N) is 1. The summed E-state index contributed by atoms with van der Waals surface area (Å²) >= 11 is 3.47. The first kappa shape index (κ1) is 14.3. The van der Waals surface area contributed by atoms with Crippen LogP contribution >= 0.6 is 15.9 Å². The molecule has 3 nitrogen and oxygen atoms in total. The van der Waals surface area contributed by atoms with Gasteiger partial charge in [0, 0.05) is 11.6 Å². The van der Waals surface area contributed by atoms with Crippen LogP contribution in [0.3, 0.4) is 0 Å². The van der Waals surface area contributed by atoms with Crippen LogP contribution in [0.25, 0.3) is 0 Å². The Balaban J connectivity index is 3.18. The second kappa shape index (κ2) is 6.87. The summed E-state index contributed by atoms with van der Waals surface area (Å²) in [5.74, 6) is 1.71. The van der Waals surface area contributed by atoms with Crippen molar-refractivity contribution in [3.63, 3.8) is 0 Å². The molecule has 1 atom stereocenters. The molecule has 0 aliphatic carbocycles. The van der Waals surface area contributed by atoms with Crippen LogP contribution in [0.2, 0.25) is 0 Å². The van der Waals surface area contributed by atoms with Gasteiger partial charge in [0.15, 0.2) is 0 Å². The summed E-state index contributed by atoms with van der Waals surface area (Å²) in [6.45, 7) is 5.19. The van der Waals surface area contributed by atoms with Crippen LogP contribution in [0.1, 0.15) is 31.9 Å². The van der Waals surface area contributed by atoms with Crippen molar-refractivity contribution in [1.82, 2.24) is 5.32 Å². The summed E-state index contributed by atoms with van der Waals surface area (Å²) in [6.07, 6.45) is 1.01. The molecule has 1 unspecified atom stereocenters. The fourth-order valence-electron chi connectivity index (χ4n) is 1.88. The number of hydrogen-bond donors (Lipinski definition) is 1. The molecule has 0 amide bonds. The van der Waals surface area contributed by atoms with Gasteiger partial charge in [0.1, 0.15) is 11.5 Å². The van der Waals surface area contributed by atoms with Crippen molar-refractivity contribution >= 4 is 15.9 Å². The minimum atomic E-state index is 0.289. The fourth-order valence-corrected chi connectivity index (χ4v) is 2.36. The van der Waals surface area contributed by atoms with E-state index in [0.717, 1.165) is 34.5 Å². The molecular weight excluding hydrogens is 282 g/mol. The molecule has 0 aliphatic heterocycles. The second-order valence-corrected chi connectivity index (χ2v) is 4.60. The Bertz CT molecular complexity index is 369. The van der Waals surface area contributed by atoms with Gasteiger partial charge in [-0.2, -0.15) is 0 Å². The molecular formula is C13H20BrNO2. The molecule has 0 spiro atoms. The maximum Gasteiger partial charge on any atom is 0.133 e. The maximum atomic E-state index is 5.43. The highest BCUT2D eigenvalue weighted by Gasteiger charge is 2.16. The third-order valence-electron chi connectivity index (χ3n) is 2.74. The zero-order valence-electron chi connectivity index (χ0n) is 10.8. The van der Waals surface area contributed by atoms with Crippen molar-refractivity contribution in [3.8, 4) is 11.5 Å². The Morgan fingerprint density at radius 2 is 1.82 bits per heavy atom. The first-order valence-electron chi connectivity index (χ1n) is 5.82. The first-order chi connectivity index (χ1) is 8.17. The minimum absolute atomic E-state index is 0.289. The summed E-state index contributed by atoms with van der Waals surface area (Å²) in [7, 11) is 3.36. The molecule has 0 bridgehead atoms. The molecule has 17 heavy (non-hydrogen) atoms. The average Bonchev–Trinajstić information content (AvgIpc) is 2.35. The number of rotatable bonds is 6. The van der Waals surface area contributed by atoms with Gasteiger partial charge in [-0.05, 0) is 41.0 Å². The van der Waals surface area contributed by atoms with Crippen LogP contribution < -0.4 is 14.8 Å². The van der Waals surface area contributed by atoms with E-state index in [0.29, 0.717) is 0 Å². The third-order valence-corrected chi connectivity index (χ3v) is 3.36. The highest BCUT2D eigenvalue weighted by molar-refractivity contribution is 9.10. The maximum absolute atomic E-state index is 5.43. The summed E-state index contributed by atoms with van der Waals surface area (Å²) in [5, 5.41) is 3.44. The van der Waals surface area contributed by atoms with E-state index in [1.54, 1.807) is 14.2 Å². The molecule has 0 saturated heterocycles. The monoisotopic (exact) mass is 301 g/mol. The van der Waals surface area contributed by atoms with Crippen molar-refractivity contribution in [1.29, 1.82) is 0 Å². The highest BCUT2D eigenvalue weighted by atomic mass is 79.9. The lowest BCUT2D eigenvalue weighted by Gasteiger charge is -2.20. The van der Waals surface area contributed by atoms with E-state index in [9.17, 15) is 0 Å². The molecule has 0 heterocycles. The quantitative estimate of drug-likeness (QED) is 0.872. The van der Waals surface area contributed by atoms with E-state index in [1.807, 2.05) is 12.1 Å². The Labute approximate surface area is 112 Å².